The van der Waals surface area contributed by atoms with Crippen LogP contribution in [-0.2, 0) is 0 Å². The van der Waals surface area contributed by atoms with Crippen molar-refractivity contribution in [2.24, 2.45) is 0 Å². The van der Waals surface area contributed by atoms with Crippen LogP contribution in [0.25, 0.3) is 10.8 Å². The largest absolute Gasteiger partial charge is 0.508 e. The third-order valence-electron chi connectivity index (χ3n) is 6.15. The summed E-state index contributed by atoms with van der Waals surface area (Å²) in [4.78, 5) is 41.1. The highest BCUT2D eigenvalue weighted by Gasteiger charge is 2.31. The predicted molar refractivity (Wildman–Crippen MR) is 135 cm³/mol. The molecule has 35 heavy (non-hydrogen) atoms. The Morgan fingerprint density at radius 2 is 1.83 bits per heavy atom. The quantitative estimate of drug-likeness (QED) is 0.271. The Balaban J connectivity index is 1.64. The van der Waals surface area contributed by atoms with Crippen molar-refractivity contribution in [1.29, 1.82) is 0 Å². The number of halogens is 1. The zero-order valence-electron chi connectivity index (χ0n) is 18.9. The van der Waals surface area contributed by atoms with Gasteiger partial charge >= 0.3 is 0 Å². The molecule has 0 aliphatic heterocycles. The number of carbonyl (C=O) groups is 2. The molecule has 11 heteroatoms. The van der Waals surface area contributed by atoms with Crippen molar-refractivity contribution in [3.63, 3.8) is 0 Å². The Morgan fingerprint density at radius 3 is 2.54 bits per heavy atom. The minimum Gasteiger partial charge on any atom is -0.508 e. The van der Waals surface area contributed by atoms with Gasteiger partial charge in [-0.2, -0.15) is 0 Å². The third-order valence-corrected chi connectivity index (χ3v) is 6.61. The van der Waals surface area contributed by atoms with Crippen LogP contribution in [0.4, 0.5) is 11.4 Å². The molecule has 10 nitrogen and oxygen atoms in total. The first kappa shape index (κ1) is 24.4. The Bertz CT molecular complexity index is 1310. The number of rotatable bonds is 6. The zero-order valence-corrected chi connectivity index (χ0v) is 20.5. The summed E-state index contributed by atoms with van der Waals surface area (Å²) in [6.45, 7) is 0. The molecule has 1 aliphatic rings. The van der Waals surface area contributed by atoms with Crippen LogP contribution in [-0.4, -0.2) is 46.0 Å². The summed E-state index contributed by atoms with van der Waals surface area (Å²) in [5.74, 6) is -0.709. The Hall–Kier alpha value is -3.73. The van der Waals surface area contributed by atoms with Crippen LogP contribution in [0.5, 0.6) is 5.75 Å². The van der Waals surface area contributed by atoms with E-state index in [1.54, 1.807) is 12.3 Å². The molecule has 1 aliphatic carbocycles. The molecule has 0 unspecified atom stereocenters. The van der Waals surface area contributed by atoms with Crippen molar-refractivity contribution in [1.82, 2.24) is 15.6 Å². The van der Waals surface area contributed by atoms with E-state index in [0.29, 0.717) is 33.7 Å². The third kappa shape index (κ3) is 5.19. The van der Waals surface area contributed by atoms with E-state index in [-0.39, 0.29) is 40.7 Å². The number of fused-ring (bicyclic) bond motifs is 1. The van der Waals surface area contributed by atoms with Crippen molar-refractivity contribution < 1.29 is 19.6 Å². The first-order valence-corrected chi connectivity index (χ1v) is 11.9. The molecule has 2 amide bonds. The number of hydrogen-bond acceptors (Lipinski definition) is 7. The second-order valence-electron chi connectivity index (χ2n) is 8.39. The number of hydrogen-bond donors (Lipinski definition) is 4. The Morgan fingerprint density at radius 1 is 1.09 bits per heavy atom. The number of phenols is 1. The van der Waals surface area contributed by atoms with E-state index >= 15 is 0 Å². The number of nitro benzene ring substituents is 1. The smallest absolute Gasteiger partial charge is 0.294 e. The monoisotopic (exact) mass is 541 g/mol. The van der Waals surface area contributed by atoms with Crippen LogP contribution in [0, 0.1) is 10.1 Å². The fourth-order valence-electron chi connectivity index (χ4n) is 4.45. The van der Waals surface area contributed by atoms with Gasteiger partial charge in [0.1, 0.15) is 11.4 Å². The highest BCUT2D eigenvalue weighted by atomic mass is 79.9. The minimum absolute atomic E-state index is 0.0800. The lowest BCUT2D eigenvalue weighted by atomic mass is 9.89. The average molecular weight is 542 g/mol. The van der Waals surface area contributed by atoms with Crippen molar-refractivity contribution in [3.8, 4) is 5.75 Å². The molecule has 1 aromatic heterocycles. The van der Waals surface area contributed by atoms with E-state index in [9.17, 15) is 24.8 Å². The van der Waals surface area contributed by atoms with Crippen LogP contribution in [0.3, 0.4) is 0 Å². The van der Waals surface area contributed by atoms with Gasteiger partial charge in [0.25, 0.3) is 17.5 Å². The molecule has 2 atom stereocenters. The summed E-state index contributed by atoms with van der Waals surface area (Å²) >= 11 is 3.24. The minimum atomic E-state index is -0.535. The Labute approximate surface area is 209 Å². The summed E-state index contributed by atoms with van der Waals surface area (Å²) in [6, 6.07) is 6.93. The van der Waals surface area contributed by atoms with Gasteiger partial charge in [-0.25, -0.2) is 0 Å². The maximum atomic E-state index is 13.2. The van der Waals surface area contributed by atoms with Gasteiger partial charge < -0.3 is 21.1 Å². The summed E-state index contributed by atoms with van der Waals surface area (Å²) in [6.07, 6.45) is 6.14. The van der Waals surface area contributed by atoms with E-state index in [1.165, 1.54) is 37.5 Å². The van der Waals surface area contributed by atoms with E-state index in [4.69, 9.17) is 0 Å². The van der Waals surface area contributed by atoms with Gasteiger partial charge in [-0.1, -0.05) is 28.8 Å². The number of benzene rings is 2. The lowest BCUT2D eigenvalue weighted by molar-refractivity contribution is -0.384. The molecular formula is C24H24BrN5O5. The summed E-state index contributed by atoms with van der Waals surface area (Å²) in [5.41, 5.74) is 0.396. The molecule has 0 saturated heterocycles. The van der Waals surface area contributed by atoms with Crippen LogP contribution in [0.1, 0.15) is 46.4 Å². The highest BCUT2D eigenvalue weighted by Crippen LogP contribution is 2.35. The van der Waals surface area contributed by atoms with Crippen LogP contribution < -0.4 is 16.0 Å². The molecular weight excluding hydrogens is 518 g/mol. The van der Waals surface area contributed by atoms with Gasteiger partial charge in [-0.3, -0.25) is 24.7 Å². The molecule has 1 saturated carbocycles. The number of aromatic hydroxyl groups is 1. The van der Waals surface area contributed by atoms with Gasteiger partial charge in [0.15, 0.2) is 0 Å². The molecule has 2 aromatic carbocycles. The van der Waals surface area contributed by atoms with Gasteiger partial charge in [-0.15, -0.1) is 0 Å². The number of amides is 2. The molecule has 1 heterocycles. The summed E-state index contributed by atoms with van der Waals surface area (Å²) in [7, 11) is 1.46. The topological polar surface area (TPSA) is 146 Å². The number of aromatic nitrogens is 1. The van der Waals surface area contributed by atoms with E-state index < -0.39 is 10.8 Å². The average Bonchev–Trinajstić information content (AvgIpc) is 2.84. The Kier molecular flexibility index (Phi) is 7.15. The number of carbonyl (C=O) groups excluding carboxylic acids is 2. The second-order valence-corrected chi connectivity index (χ2v) is 9.31. The van der Waals surface area contributed by atoms with Crippen LogP contribution in [0.2, 0.25) is 0 Å². The maximum absolute atomic E-state index is 13.2. The SMILES string of the molecule is CNC(=O)c1cc(Br)cc([N+](=O)[O-])c1N[C@H]1CCCC[C@H]1NC(=O)c1cncc2cc(O)ccc12. The molecule has 4 N–H and O–H groups in total. The summed E-state index contributed by atoms with van der Waals surface area (Å²) < 4.78 is 0.413. The van der Waals surface area contributed by atoms with Gasteiger partial charge in [0.2, 0.25) is 0 Å². The fraction of sp³-hybridized carbons (Fsp3) is 0.292. The molecule has 0 spiro atoms. The van der Waals surface area contributed by atoms with E-state index in [2.05, 4.69) is 36.9 Å². The van der Waals surface area contributed by atoms with Gasteiger partial charge in [0, 0.05) is 47.5 Å². The molecule has 0 bridgehead atoms. The number of pyridine rings is 1. The molecule has 0 radical (unpaired) electrons. The van der Waals surface area contributed by atoms with E-state index in [0.717, 1.165) is 12.8 Å². The van der Waals surface area contributed by atoms with Crippen molar-refractivity contribution >= 4 is 49.9 Å². The number of anilines is 1. The predicted octanol–water partition coefficient (Wildman–Crippen LogP) is 4.12. The number of phenolic OH excluding ortho intramolecular Hbond substituents is 1. The standard InChI is InChI=1S/C24H24BrN5O5/c1-26-23(32)17-9-14(25)10-21(30(34)35)22(17)28-19-4-2-3-5-20(19)29-24(33)18-12-27-11-13-8-15(31)6-7-16(13)18/h6-12,19-20,28,31H,2-5H2,1H3,(H,26,32)(H,29,33)/t19-,20+/m0/s1. The number of nitrogens with one attached hydrogen (secondary N) is 3. The molecule has 3 aromatic rings. The van der Waals surface area contributed by atoms with Crippen LogP contribution in [0.15, 0.2) is 47.2 Å². The lowest BCUT2D eigenvalue weighted by Gasteiger charge is -2.34. The van der Waals surface area contributed by atoms with Crippen molar-refractivity contribution in [2.45, 2.75) is 37.8 Å². The lowest BCUT2D eigenvalue weighted by Crippen LogP contribution is -2.48. The van der Waals surface area contributed by atoms with Crippen molar-refractivity contribution in [2.75, 3.05) is 12.4 Å². The zero-order chi connectivity index (χ0) is 25.1. The first-order chi connectivity index (χ1) is 16.8. The summed E-state index contributed by atoms with van der Waals surface area (Å²) in [5, 5.41) is 31.6. The number of nitro groups is 1. The second kappa shape index (κ2) is 10.3. The van der Waals surface area contributed by atoms with Crippen molar-refractivity contribution in [3.05, 3.63) is 68.4 Å². The van der Waals surface area contributed by atoms with Gasteiger partial charge in [0.05, 0.1) is 16.1 Å². The fourth-order valence-corrected chi connectivity index (χ4v) is 4.90. The van der Waals surface area contributed by atoms with Gasteiger partial charge in [-0.05, 0) is 42.5 Å². The maximum Gasteiger partial charge on any atom is 0.294 e. The molecule has 4 rings (SSSR count). The highest BCUT2D eigenvalue weighted by molar-refractivity contribution is 9.10. The molecule has 182 valence electrons. The normalized spacial score (nSPS) is 17.5. The number of nitrogens with zero attached hydrogens (tertiary/aromatic N) is 2. The molecule has 1 fully saturated rings. The first-order valence-electron chi connectivity index (χ1n) is 11.1. The van der Waals surface area contributed by atoms with E-state index in [1.807, 2.05) is 0 Å². The van der Waals surface area contributed by atoms with Crippen LogP contribution >= 0.6 is 15.9 Å².